The number of rotatable bonds is 5. The lowest BCUT2D eigenvalue weighted by Gasteiger charge is -2.27. The van der Waals surface area contributed by atoms with Crippen molar-refractivity contribution in [1.82, 2.24) is 10.3 Å². The number of fused-ring (bicyclic) bond motifs is 1. The van der Waals surface area contributed by atoms with Crippen molar-refractivity contribution in [1.29, 1.82) is 0 Å². The first-order chi connectivity index (χ1) is 10.0. The smallest absolute Gasteiger partial charge is 0.198 e. The quantitative estimate of drug-likeness (QED) is 0.865. The third kappa shape index (κ3) is 2.98. The highest BCUT2D eigenvalue weighted by atomic mass is 16.3. The second-order valence-electron chi connectivity index (χ2n) is 6.82. The van der Waals surface area contributed by atoms with Crippen molar-refractivity contribution in [3.63, 3.8) is 0 Å². The lowest BCUT2D eigenvalue weighted by atomic mass is 9.85. The highest BCUT2D eigenvalue weighted by Crippen LogP contribution is 2.29. The summed E-state index contributed by atoms with van der Waals surface area (Å²) < 4.78 is 5.89. The Labute approximate surface area is 127 Å². The second-order valence-corrected chi connectivity index (χ2v) is 6.82. The van der Waals surface area contributed by atoms with E-state index in [1.54, 1.807) is 0 Å². The Morgan fingerprint density at radius 2 is 2.05 bits per heavy atom. The number of nitrogens with one attached hydrogen (secondary N) is 1. The molecule has 0 spiro atoms. The van der Waals surface area contributed by atoms with E-state index in [0.717, 1.165) is 29.5 Å². The molecule has 21 heavy (non-hydrogen) atoms. The Bertz CT molecular complexity index is 625. The van der Waals surface area contributed by atoms with Gasteiger partial charge in [-0.15, -0.1) is 0 Å². The van der Waals surface area contributed by atoms with Gasteiger partial charge >= 0.3 is 0 Å². The van der Waals surface area contributed by atoms with Crippen LogP contribution < -0.4 is 5.32 Å². The molecule has 0 bridgehead atoms. The maximum atomic E-state index is 5.89. The Kier molecular flexibility index (Phi) is 4.03. The number of hydrogen-bond acceptors (Lipinski definition) is 3. The molecule has 1 aromatic heterocycles. The molecule has 1 saturated carbocycles. The molecule has 1 fully saturated rings. The van der Waals surface area contributed by atoms with Gasteiger partial charge < -0.3 is 9.73 Å². The molecular weight excluding hydrogens is 260 g/mol. The minimum absolute atomic E-state index is 0.328. The van der Waals surface area contributed by atoms with Crippen LogP contribution in [0.4, 0.5) is 0 Å². The minimum atomic E-state index is 0.328. The van der Waals surface area contributed by atoms with Gasteiger partial charge in [-0.3, -0.25) is 0 Å². The lowest BCUT2D eigenvalue weighted by Crippen LogP contribution is -2.29. The summed E-state index contributed by atoms with van der Waals surface area (Å²) in [5.41, 5.74) is 4.42. The van der Waals surface area contributed by atoms with E-state index in [0.29, 0.717) is 12.0 Å². The molecule has 0 saturated heterocycles. The van der Waals surface area contributed by atoms with E-state index < -0.39 is 0 Å². The van der Waals surface area contributed by atoms with E-state index in [-0.39, 0.29) is 0 Å². The van der Waals surface area contributed by atoms with Crippen molar-refractivity contribution in [2.24, 2.45) is 5.92 Å². The zero-order valence-electron chi connectivity index (χ0n) is 13.6. The zero-order chi connectivity index (χ0) is 15.0. The zero-order valence-corrected chi connectivity index (χ0v) is 13.6. The Hall–Kier alpha value is -1.35. The summed E-state index contributed by atoms with van der Waals surface area (Å²) in [6.45, 7) is 9.71. The maximum absolute atomic E-state index is 5.89. The van der Waals surface area contributed by atoms with Gasteiger partial charge in [-0.1, -0.05) is 26.3 Å². The van der Waals surface area contributed by atoms with Crippen LogP contribution >= 0.6 is 0 Å². The van der Waals surface area contributed by atoms with Gasteiger partial charge in [-0.2, -0.15) is 0 Å². The molecule has 0 amide bonds. The maximum Gasteiger partial charge on any atom is 0.198 e. The third-order valence-electron chi connectivity index (χ3n) is 4.65. The molecule has 0 aliphatic heterocycles. The predicted molar refractivity (Wildman–Crippen MR) is 86.6 cm³/mol. The summed E-state index contributed by atoms with van der Waals surface area (Å²) in [7, 11) is 0. The molecular formula is C18H26N2O. The van der Waals surface area contributed by atoms with Crippen LogP contribution in [0, 0.1) is 12.8 Å². The monoisotopic (exact) mass is 286 g/mol. The number of nitrogens with zero attached hydrogens (tertiary/aromatic N) is 1. The molecule has 2 aromatic rings. The third-order valence-corrected chi connectivity index (χ3v) is 4.65. The first-order valence-electron chi connectivity index (χ1n) is 8.19. The van der Waals surface area contributed by atoms with Crippen molar-refractivity contribution in [2.45, 2.75) is 58.9 Å². The predicted octanol–water partition coefficient (Wildman–Crippen LogP) is 4.71. The average molecular weight is 286 g/mol. The van der Waals surface area contributed by atoms with Gasteiger partial charge in [0.2, 0.25) is 0 Å². The highest BCUT2D eigenvalue weighted by Gasteiger charge is 2.19. The van der Waals surface area contributed by atoms with Gasteiger partial charge in [0, 0.05) is 12.0 Å². The minimum Gasteiger partial charge on any atom is -0.440 e. The normalized spacial score (nSPS) is 17.4. The standard InChI is InChI=1S/C18H26N2O/c1-11(2)18-20-16-9-15(8-12(3)17(16)21-18)13(4)19-10-14-6-5-7-14/h8-9,11,13-14,19H,5-7,10H2,1-4H3. The van der Waals surface area contributed by atoms with Gasteiger partial charge in [-0.25, -0.2) is 4.98 Å². The van der Waals surface area contributed by atoms with Gasteiger partial charge in [0.1, 0.15) is 5.52 Å². The summed E-state index contributed by atoms with van der Waals surface area (Å²) in [6.07, 6.45) is 4.18. The van der Waals surface area contributed by atoms with Crippen LogP contribution in [-0.2, 0) is 0 Å². The number of aryl methyl sites for hydroxylation is 1. The number of hydrogen-bond donors (Lipinski definition) is 1. The van der Waals surface area contributed by atoms with E-state index in [1.807, 2.05) is 0 Å². The molecule has 3 heteroatoms. The molecule has 1 aromatic carbocycles. The van der Waals surface area contributed by atoms with Crippen LogP contribution in [0.2, 0.25) is 0 Å². The number of oxazole rings is 1. The van der Waals surface area contributed by atoms with E-state index >= 15 is 0 Å². The van der Waals surface area contributed by atoms with E-state index in [9.17, 15) is 0 Å². The van der Waals surface area contributed by atoms with Gasteiger partial charge in [0.15, 0.2) is 11.5 Å². The molecule has 1 aliphatic carbocycles. The van der Waals surface area contributed by atoms with E-state index in [1.165, 1.54) is 30.4 Å². The van der Waals surface area contributed by atoms with E-state index in [2.05, 4.69) is 50.1 Å². The van der Waals surface area contributed by atoms with Crippen LogP contribution in [0.25, 0.3) is 11.1 Å². The first kappa shape index (κ1) is 14.6. The van der Waals surface area contributed by atoms with Crippen LogP contribution in [-0.4, -0.2) is 11.5 Å². The summed E-state index contributed by atoms with van der Waals surface area (Å²) in [5.74, 6) is 2.05. The van der Waals surface area contributed by atoms with Gasteiger partial charge in [-0.05, 0) is 56.3 Å². The number of benzene rings is 1. The lowest BCUT2D eigenvalue weighted by molar-refractivity contribution is 0.292. The molecule has 114 valence electrons. The molecule has 0 radical (unpaired) electrons. The summed E-state index contributed by atoms with van der Waals surface area (Å²) in [4.78, 5) is 4.64. The van der Waals surface area contributed by atoms with Crippen molar-refractivity contribution in [2.75, 3.05) is 6.54 Å². The van der Waals surface area contributed by atoms with Crippen molar-refractivity contribution < 1.29 is 4.42 Å². The summed E-state index contributed by atoms with van der Waals surface area (Å²) in [6, 6.07) is 4.78. The molecule has 1 N–H and O–H groups in total. The fourth-order valence-corrected chi connectivity index (χ4v) is 2.90. The SMILES string of the molecule is Cc1cc(C(C)NCC2CCC2)cc2nc(C(C)C)oc12. The second kappa shape index (κ2) is 5.80. The van der Waals surface area contributed by atoms with Gasteiger partial charge in [0.25, 0.3) is 0 Å². The molecule has 3 rings (SSSR count). The van der Waals surface area contributed by atoms with Crippen LogP contribution in [0.5, 0.6) is 0 Å². The van der Waals surface area contributed by atoms with Crippen molar-refractivity contribution in [3.05, 3.63) is 29.2 Å². The van der Waals surface area contributed by atoms with Crippen LogP contribution in [0.3, 0.4) is 0 Å². The Balaban J connectivity index is 1.81. The fourth-order valence-electron chi connectivity index (χ4n) is 2.90. The largest absolute Gasteiger partial charge is 0.440 e. The van der Waals surface area contributed by atoms with Crippen LogP contribution in [0.1, 0.15) is 69.0 Å². The molecule has 1 atom stereocenters. The Morgan fingerprint density at radius 1 is 1.29 bits per heavy atom. The van der Waals surface area contributed by atoms with Gasteiger partial charge in [0.05, 0.1) is 0 Å². The summed E-state index contributed by atoms with van der Waals surface area (Å²) in [5, 5.41) is 3.66. The molecule has 1 aliphatic rings. The highest BCUT2D eigenvalue weighted by molar-refractivity contribution is 5.77. The molecule has 1 heterocycles. The van der Waals surface area contributed by atoms with Crippen molar-refractivity contribution >= 4 is 11.1 Å². The topological polar surface area (TPSA) is 38.1 Å². The first-order valence-corrected chi connectivity index (χ1v) is 8.19. The summed E-state index contributed by atoms with van der Waals surface area (Å²) >= 11 is 0. The average Bonchev–Trinajstić information content (AvgIpc) is 2.81. The fraction of sp³-hybridized carbons (Fsp3) is 0.611. The number of aromatic nitrogens is 1. The van der Waals surface area contributed by atoms with Crippen LogP contribution in [0.15, 0.2) is 16.5 Å². The van der Waals surface area contributed by atoms with E-state index in [4.69, 9.17) is 4.42 Å². The van der Waals surface area contributed by atoms with Crippen molar-refractivity contribution in [3.8, 4) is 0 Å². The Morgan fingerprint density at radius 3 is 2.67 bits per heavy atom. The molecule has 1 unspecified atom stereocenters. The molecule has 3 nitrogen and oxygen atoms in total.